The van der Waals surface area contributed by atoms with Gasteiger partial charge in [-0.3, -0.25) is 4.79 Å². The van der Waals surface area contributed by atoms with Gasteiger partial charge in [0.05, 0.1) is 11.7 Å². The highest BCUT2D eigenvalue weighted by atomic mass is 19.1. The van der Waals surface area contributed by atoms with E-state index in [-0.39, 0.29) is 17.1 Å². The number of aromatic nitrogens is 2. The Kier molecular flexibility index (Phi) is 4.56. The molecule has 4 nitrogen and oxygen atoms in total. The van der Waals surface area contributed by atoms with Gasteiger partial charge in [-0.1, -0.05) is 0 Å². The van der Waals surface area contributed by atoms with E-state index in [0.29, 0.717) is 5.69 Å². The topological polar surface area (TPSA) is 46.9 Å². The molecule has 1 N–H and O–H groups in total. The number of carbonyl (C=O) groups is 1. The minimum Gasteiger partial charge on any atom is -0.344 e. The molecule has 0 radical (unpaired) electrons. The van der Waals surface area contributed by atoms with E-state index in [1.165, 1.54) is 35.0 Å². The standard InChI is InChI=1S/C18H14F3N3O/c1-11(15-10-13(20)4-7-16(15)21)22-18(25)17-8-9-24(23-17)14-5-2-12(19)3-6-14/h2-11H,1H3,(H,22,25). The van der Waals surface area contributed by atoms with E-state index in [9.17, 15) is 18.0 Å². The lowest BCUT2D eigenvalue weighted by atomic mass is 10.1. The molecule has 0 saturated carbocycles. The van der Waals surface area contributed by atoms with Gasteiger partial charge in [-0.2, -0.15) is 5.10 Å². The minimum atomic E-state index is -0.737. The van der Waals surface area contributed by atoms with Crippen molar-refractivity contribution in [1.29, 1.82) is 0 Å². The molecule has 7 heteroatoms. The lowest BCUT2D eigenvalue weighted by molar-refractivity contribution is 0.0934. The summed E-state index contributed by atoms with van der Waals surface area (Å²) in [5.74, 6) is -2.10. The average molecular weight is 345 g/mol. The highest BCUT2D eigenvalue weighted by molar-refractivity contribution is 5.92. The van der Waals surface area contributed by atoms with Gasteiger partial charge in [-0.15, -0.1) is 0 Å². The van der Waals surface area contributed by atoms with Crippen LogP contribution in [0, 0.1) is 17.5 Å². The number of halogens is 3. The molecule has 1 unspecified atom stereocenters. The van der Waals surface area contributed by atoms with Crippen LogP contribution in [-0.4, -0.2) is 15.7 Å². The van der Waals surface area contributed by atoms with E-state index in [1.807, 2.05) is 0 Å². The second-order valence-corrected chi connectivity index (χ2v) is 5.48. The van der Waals surface area contributed by atoms with Gasteiger partial charge in [0.2, 0.25) is 0 Å². The Morgan fingerprint density at radius 3 is 2.44 bits per heavy atom. The Hall–Kier alpha value is -3.09. The molecule has 3 aromatic rings. The van der Waals surface area contributed by atoms with Crippen molar-refractivity contribution in [3.8, 4) is 5.69 Å². The molecule has 0 fully saturated rings. The maximum Gasteiger partial charge on any atom is 0.272 e. The average Bonchev–Trinajstić information content (AvgIpc) is 3.07. The van der Waals surface area contributed by atoms with Crippen molar-refractivity contribution in [2.45, 2.75) is 13.0 Å². The second-order valence-electron chi connectivity index (χ2n) is 5.48. The van der Waals surface area contributed by atoms with E-state index < -0.39 is 23.6 Å². The number of nitrogens with one attached hydrogen (secondary N) is 1. The first-order chi connectivity index (χ1) is 11.9. The Morgan fingerprint density at radius 1 is 1.04 bits per heavy atom. The van der Waals surface area contributed by atoms with Crippen molar-refractivity contribution < 1.29 is 18.0 Å². The molecule has 1 amide bonds. The summed E-state index contributed by atoms with van der Waals surface area (Å²) in [5, 5.41) is 6.68. The van der Waals surface area contributed by atoms with E-state index in [0.717, 1.165) is 18.2 Å². The Balaban J connectivity index is 1.75. The first-order valence-electron chi connectivity index (χ1n) is 7.51. The van der Waals surface area contributed by atoms with Gasteiger partial charge in [0.1, 0.15) is 17.5 Å². The van der Waals surface area contributed by atoms with Gasteiger partial charge in [0, 0.05) is 11.8 Å². The summed E-state index contributed by atoms with van der Waals surface area (Å²) in [6, 6.07) is 9.42. The summed E-state index contributed by atoms with van der Waals surface area (Å²) in [7, 11) is 0. The van der Waals surface area contributed by atoms with Crippen LogP contribution in [0.15, 0.2) is 54.7 Å². The maximum absolute atomic E-state index is 13.8. The highest BCUT2D eigenvalue weighted by Crippen LogP contribution is 2.18. The molecule has 0 saturated heterocycles. The zero-order valence-electron chi connectivity index (χ0n) is 13.2. The first-order valence-corrected chi connectivity index (χ1v) is 7.51. The largest absolute Gasteiger partial charge is 0.344 e. The first kappa shape index (κ1) is 16.8. The molecular formula is C18H14F3N3O. The fourth-order valence-corrected chi connectivity index (χ4v) is 2.38. The molecule has 0 aliphatic heterocycles. The zero-order chi connectivity index (χ0) is 18.0. The fourth-order valence-electron chi connectivity index (χ4n) is 2.38. The predicted octanol–water partition coefficient (Wildman–Crippen LogP) is 3.78. The molecule has 3 rings (SSSR count). The predicted molar refractivity (Wildman–Crippen MR) is 85.8 cm³/mol. The number of rotatable bonds is 4. The lowest BCUT2D eigenvalue weighted by Crippen LogP contribution is -2.27. The maximum atomic E-state index is 13.8. The summed E-state index contributed by atoms with van der Waals surface area (Å²) >= 11 is 0. The molecule has 25 heavy (non-hydrogen) atoms. The third-order valence-electron chi connectivity index (χ3n) is 3.69. The molecule has 1 atom stereocenters. The zero-order valence-corrected chi connectivity index (χ0v) is 13.2. The Bertz CT molecular complexity index is 906. The van der Waals surface area contributed by atoms with Crippen LogP contribution in [0.4, 0.5) is 13.2 Å². The Morgan fingerprint density at radius 2 is 1.72 bits per heavy atom. The monoisotopic (exact) mass is 345 g/mol. The molecule has 0 spiro atoms. The van der Waals surface area contributed by atoms with E-state index in [4.69, 9.17) is 0 Å². The number of hydrogen-bond donors (Lipinski definition) is 1. The van der Waals surface area contributed by atoms with Crippen molar-refractivity contribution in [1.82, 2.24) is 15.1 Å². The highest BCUT2D eigenvalue weighted by Gasteiger charge is 2.17. The van der Waals surface area contributed by atoms with E-state index >= 15 is 0 Å². The third kappa shape index (κ3) is 3.71. The van der Waals surface area contributed by atoms with E-state index in [2.05, 4.69) is 10.4 Å². The van der Waals surface area contributed by atoms with Crippen LogP contribution in [-0.2, 0) is 0 Å². The molecule has 2 aromatic carbocycles. The minimum absolute atomic E-state index is 0.0475. The second kappa shape index (κ2) is 6.80. The van der Waals surface area contributed by atoms with Gasteiger partial charge in [-0.25, -0.2) is 17.9 Å². The summed E-state index contributed by atoms with van der Waals surface area (Å²) in [5.41, 5.74) is 0.740. The smallest absolute Gasteiger partial charge is 0.272 e. The van der Waals surface area contributed by atoms with E-state index in [1.54, 1.807) is 13.1 Å². The number of nitrogens with zero attached hydrogens (tertiary/aromatic N) is 2. The van der Waals surface area contributed by atoms with Crippen LogP contribution in [0.2, 0.25) is 0 Å². The summed E-state index contributed by atoms with van der Waals surface area (Å²) < 4.78 is 41.4. The normalized spacial score (nSPS) is 12.0. The van der Waals surface area contributed by atoms with Crippen LogP contribution in [0.5, 0.6) is 0 Å². The number of benzene rings is 2. The Labute approximate surface area is 141 Å². The molecule has 128 valence electrons. The molecule has 0 aliphatic rings. The number of carbonyl (C=O) groups excluding carboxylic acids is 1. The third-order valence-corrected chi connectivity index (χ3v) is 3.69. The molecule has 0 aliphatic carbocycles. The van der Waals surface area contributed by atoms with Gasteiger partial charge < -0.3 is 5.32 Å². The van der Waals surface area contributed by atoms with Crippen LogP contribution in [0.1, 0.15) is 29.0 Å². The van der Waals surface area contributed by atoms with Gasteiger partial charge >= 0.3 is 0 Å². The van der Waals surface area contributed by atoms with Crippen molar-refractivity contribution in [2.75, 3.05) is 0 Å². The van der Waals surface area contributed by atoms with Gasteiger partial charge in [0.25, 0.3) is 5.91 Å². The van der Waals surface area contributed by atoms with Crippen LogP contribution in [0.25, 0.3) is 5.69 Å². The van der Waals surface area contributed by atoms with Crippen molar-refractivity contribution in [3.63, 3.8) is 0 Å². The summed E-state index contributed by atoms with van der Waals surface area (Å²) in [6.45, 7) is 1.55. The number of amides is 1. The van der Waals surface area contributed by atoms with Gasteiger partial charge in [-0.05, 0) is 55.5 Å². The van der Waals surface area contributed by atoms with Crippen molar-refractivity contribution in [2.24, 2.45) is 0 Å². The summed E-state index contributed by atoms with van der Waals surface area (Å²) in [4.78, 5) is 12.3. The van der Waals surface area contributed by atoms with Crippen LogP contribution in [0.3, 0.4) is 0 Å². The summed E-state index contributed by atoms with van der Waals surface area (Å²) in [6.07, 6.45) is 1.55. The molecule has 1 heterocycles. The number of hydrogen-bond acceptors (Lipinski definition) is 2. The van der Waals surface area contributed by atoms with Gasteiger partial charge in [0.15, 0.2) is 5.69 Å². The van der Waals surface area contributed by atoms with Crippen molar-refractivity contribution >= 4 is 5.91 Å². The molecule has 0 bridgehead atoms. The van der Waals surface area contributed by atoms with Crippen LogP contribution < -0.4 is 5.32 Å². The fraction of sp³-hybridized carbons (Fsp3) is 0.111. The van der Waals surface area contributed by atoms with Crippen LogP contribution >= 0.6 is 0 Å². The molecular weight excluding hydrogens is 331 g/mol. The SMILES string of the molecule is CC(NC(=O)c1ccn(-c2ccc(F)cc2)n1)c1cc(F)ccc1F. The quantitative estimate of drug-likeness (QED) is 0.782. The lowest BCUT2D eigenvalue weighted by Gasteiger charge is -2.14. The van der Waals surface area contributed by atoms with Crippen molar-refractivity contribution in [3.05, 3.63) is 83.4 Å². The molecule has 1 aromatic heterocycles.